The summed E-state index contributed by atoms with van der Waals surface area (Å²) in [6.07, 6.45) is 1.41. The van der Waals surface area contributed by atoms with Crippen molar-refractivity contribution in [2.75, 3.05) is 5.32 Å². The zero-order chi connectivity index (χ0) is 20.5. The van der Waals surface area contributed by atoms with E-state index in [4.69, 9.17) is 9.15 Å². The van der Waals surface area contributed by atoms with Gasteiger partial charge >= 0.3 is 5.97 Å². The zero-order valence-corrected chi connectivity index (χ0v) is 16.2. The van der Waals surface area contributed by atoms with E-state index >= 15 is 0 Å². The van der Waals surface area contributed by atoms with Gasteiger partial charge in [-0.3, -0.25) is 4.79 Å². The number of esters is 1. The smallest absolute Gasteiger partial charge is 0.308 e. The number of aromatic nitrogens is 2. The molecule has 0 saturated carbocycles. The number of nitrogens with zero attached hydrogens (tertiary/aromatic N) is 2. The molecule has 0 aliphatic rings. The number of hydrogen-bond acceptors (Lipinski definition) is 7. The molecule has 2 heterocycles. The van der Waals surface area contributed by atoms with Crippen LogP contribution in [0.1, 0.15) is 18.1 Å². The third-order valence-electron chi connectivity index (χ3n) is 4.47. The molecule has 4 rings (SSSR count). The topological polar surface area (TPSA) is 97.5 Å². The van der Waals surface area contributed by atoms with Crippen molar-refractivity contribution in [2.45, 2.75) is 20.8 Å². The third-order valence-corrected chi connectivity index (χ3v) is 4.47. The van der Waals surface area contributed by atoms with Gasteiger partial charge < -0.3 is 19.6 Å². The standard InChI is InChI=1S/C22H19N3O4/c1-12-7-8-17(18(9-12)28-14(3)26)20-13(2)19-21(23-11-24-22(19)29-20)25-15-5-4-6-16(27)10-15/h4-11,27H,1-3H3,(H,23,24,25). The van der Waals surface area contributed by atoms with Gasteiger partial charge in [0.05, 0.1) is 10.9 Å². The second-order valence-corrected chi connectivity index (χ2v) is 6.73. The molecule has 0 aliphatic carbocycles. The van der Waals surface area contributed by atoms with Crippen LogP contribution in [0.3, 0.4) is 0 Å². The lowest BCUT2D eigenvalue weighted by atomic mass is 10.0. The lowest BCUT2D eigenvalue weighted by Crippen LogP contribution is -2.03. The Kier molecular flexibility index (Phi) is 4.64. The number of rotatable bonds is 4. The van der Waals surface area contributed by atoms with Gasteiger partial charge in [0.15, 0.2) is 0 Å². The van der Waals surface area contributed by atoms with Gasteiger partial charge in [-0.25, -0.2) is 9.97 Å². The molecular formula is C22H19N3O4. The van der Waals surface area contributed by atoms with Crippen molar-refractivity contribution in [3.8, 4) is 22.8 Å². The fraction of sp³-hybridized carbons (Fsp3) is 0.136. The number of aryl methyl sites for hydroxylation is 2. The van der Waals surface area contributed by atoms with Gasteiger partial charge in [-0.1, -0.05) is 12.1 Å². The molecule has 0 amide bonds. The van der Waals surface area contributed by atoms with E-state index in [0.29, 0.717) is 39.7 Å². The summed E-state index contributed by atoms with van der Waals surface area (Å²) in [5.74, 6) is 1.27. The van der Waals surface area contributed by atoms with Crippen LogP contribution in [0.2, 0.25) is 0 Å². The summed E-state index contributed by atoms with van der Waals surface area (Å²) in [7, 11) is 0. The van der Waals surface area contributed by atoms with Crippen molar-refractivity contribution in [3.63, 3.8) is 0 Å². The van der Waals surface area contributed by atoms with Gasteiger partial charge in [0, 0.05) is 24.2 Å². The van der Waals surface area contributed by atoms with Crippen molar-refractivity contribution in [1.82, 2.24) is 9.97 Å². The van der Waals surface area contributed by atoms with Crippen LogP contribution in [0.5, 0.6) is 11.5 Å². The third kappa shape index (κ3) is 3.62. The highest BCUT2D eigenvalue weighted by Gasteiger charge is 2.21. The van der Waals surface area contributed by atoms with Crippen molar-refractivity contribution >= 4 is 28.6 Å². The zero-order valence-electron chi connectivity index (χ0n) is 16.2. The molecule has 146 valence electrons. The lowest BCUT2D eigenvalue weighted by Gasteiger charge is -2.09. The second-order valence-electron chi connectivity index (χ2n) is 6.73. The first-order valence-electron chi connectivity index (χ1n) is 9.02. The van der Waals surface area contributed by atoms with Gasteiger partial charge in [0.2, 0.25) is 5.71 Å². The number of nitrogens with one attached hydrogen (secondary N) is 1. The molecule has 2 aromatic carbocycles. The number of fused-ring (bicyclic) bond motifs is 1. The average Bonchev–Trinajstić information content (AvgIpc) is 2.99. The number of aromatic hydroxyl groups is 1. The van der Waals surface area contributed by atoms with E-state index in [-0.39, 0.29) is 5.75 Å². The minimum absolute atomic E-state index is 0.149. The second kappa shape index (κ2) is 7.27. The summed E-state index contributed by atoms with van der Waals surface area (Å²) in [5.41, 5.74) is 3.52. The first kappa shape index (κ1) is 18.5. The fourth-order valence-corrected chi connectivity index (χ4v) is 3.20. The van der Waals surface area contributed by atoms with E-state index in [0.717, 1.165) is 11.1 Å². The van der Waals surface area contributed by atoms with Crippen molar-refractivity contribution < 1.29 is 19.1 Å². The van der Waals surface area contributed by atoms with Gasteiger partial charge in [-0.05, 0) is 43.7 Å². The monoisotopic (exact) mass is 389 g/mol. The van der Waals surface area contributed by atoms with Gasteiger partial charge in [-0.2, -0.15) is 0 Å². The summed E-state index contributed by atoms with van der Waals surface area (Å²) in [6, 6.07) is 12.3. The first-order valence-corrected chi connectivity index (χ1v) is 9.02. The number of benzene rings is 2. The number of ether oxygens (including phenoxy) is 1. The predicted octanol–water partition coefficient (Wildman–Crippen LogP) is 4.88. The molecule has 4 aromatic rings. The molecule has 7 nitrogen and oxygen atoms in total. The van der Waals surface area contributed by atoms with E-state index < -0.39 is 5.97 Å². The molecule has 0 aliphatic heterocycles. The summed E-state index contributed by atoms with van der Waals surface area (Å²) in [6.45, 7) is 5.18. The molecule has 0 bridgehead atoms. The molecule has 0 fully saturated rings. The van der Waals surface area contributed by atoms with Gasteiger partial charge in [-0.15, -0.1) is 0 Å². The maximum atomic E-state index is 11.5. The highest BCUT2D eigenvalue weighted by Crippen LogP contribution is 2.40. The number of anilines is 2. The van der Waals surface area contributed by atoms with Gasteiger partial charge in [0.25, 0.3) is 0 Å². The number of hydrogen-bond donors (Lipinski definition) is 2. The molecule has 0 saturated heterocycles. The number of carbonyl (C=O) groups is 1. The maximum absolute atomic E-state index is 11.5. The van der Waals surface area contributed by atoms with E-state index in [1.54, 1.807) is 24.3 Å². The SMILES string of the molecule is CC(=O)Oc1cc(C)ccc1-c1oc2ncnc(Nc3cccc(O)c3)c2c1C. The Morgan fingerprint density at radius 2 is 1.97 bits per heavy atom. The number of furan rings is 1. The van der Waals surface area contributed by atoms with Crippen LogP contribution >= 0.6 is 0 Å². The van der Waals surface area contributed by atoms with E-state index in [2.05, 4.69) is 15.3 Å². The Morgan fingerprint density at radius 3 is 2.72 bits per heavy atom. The Hall–Kier alpha value is -3.87. The summed E-state index contributed by atoms with van der Waals surface area (Å²) >= 11 is 0. The highest BCUT2D eigenvalue weighted by atomic mass is 16.5. The van der Waals surface area contributed by atoms with Crippen molar-refractivity contribution in [1.29, 1.82) is 0 Å². The Bertz CT molecular complexity index is 1230. The number of carbonyl (C=O) groups excluding carboxylic acids is 1. The summed E-state index contributed by atoms with van der Waals surface area (Å²) < 4.78 is 11.4. The number of phenolic OH excluding ortho intramolecular Hbond substituents is 1. The molecular weight excluding hydrogens is 370 g/mol. The first-order chi connectivity index (χ1) is 13.9. The lowest BCUT2D eigenvalue weighted by molar-refractivity contribution is -0.131. The number of phenols is 1. The average molecular weight is 389 g/mol. The van der Waals surface area contributed by atoms with Crippen LogP contribution in [0.25, 0.3) is 22.4 Å². The Balaban J connectivity index is 1.85. The Morgan fingerprint density at radius 1 is 1.14 bits per heavy atom. The Labute approximate surface area is 167 Å². The summed E-state index contributed by atoms with van der Waals surface area (Å²) in [4.78, 5) is 20.1. The minimum Gasteiger partial charge on any atom is -0.508 e. The van der Waals surface area contributed by atoms with Crippen LogP contribution in [-0.4, -0.2) is 21.0 Å². The van der Waals surface area contributed by atoms with Crippen molar-refractivity contribution in [3.05, 3.63) is 59.9 Å². The van der Waals surface area contributed by atoms with E-state index in [1.165, 1.54) is 13.3 Å². The fourth-order valence-electron chi connectivity index (χ4n) is 3.20. The normalized spacial score (nSPS) is 10.9. The maximum Gasteiger partial charge on any atom is 0.308 e. The summed E-state index contributed by atoms with van der Waals surface area (Å²) in [5, 5.41) is 13.6. The van der Waals surface area contributed by atoms with Gasteiger partial charge in [0.1, 0.15) is 29.4 Å². The predicted molar refractivity (Wildman–Crippen MR) is 109 cm³/mol. The molecule has 29 heavy (non-hydrogen) atoms. The highest BCUT2D eigenvalue weighted by molar-refractivity contribution is 5.95. The molecule has 2 aromatic heterocycles. The van der Waals surface area contributed by atoms with Crippen LogP contribution in [0.15, 0.2) is 53.2 Å². The van der Waals surface area contributed by atoms with Crippen LogP contribution in [0, 0.1) is 13.8 Å². The van der Waals surface area contributed by atoms with E-state index in [1.807, 2.05) is 32.0 Å². The van der Waals surface area contributed by atoms with Crippen molar-refractivity contribution in [2.24, 2.45) is 0 Å². The molecule has 0 atom stereocenters. The minimum atomic E-state index is -0.406. The molecule has 2 N–H and O–H groups in total. The molecule has 0 spiro atoms. The quantitative estimate of drug-likeness (QED) is 0.379. The van der Waals surface area contributed by atoms with Crippen LogP contribution in [-0.2, 0) is 4.79 Å². The van der Waals surface area contributed by atoms with E-state index in [9.17, 15) is 9.90 Å². The molecule has 7 heteroatoms. The largest absolute Gasteiger partial charge is 0.508 e. The molecule has 0 unspecified atom stereocenters. The molecule has 0 radical (unpaired) electrons. The van der Waals surface area contributed by atoms with Crippen LogP contribution < -0.4 is 10.1 Å². The van der Waals surface area contributed by atoms with Crippen LogP contribution in [0.4, 0.5) is 11.5 Å².